The maximum atomic E-state index is 12.5. The zero-order chi connectivity index (χ0) is 40.9. The number of carbonyl (C=O) groups is 2. The van der Waals surface area contributed by atoms with Crippen LogP contribution < -0.4 is 30.7 Å². The second-order valence-corrected chi connectivity index (χ2v) is 17.0. The molecule has 5 N–H and O–H groups in total. The van der Waals surface area contributed by atoms with Crippen LogP contribution >= 0.6 is 21.6 Å². The molecular weight excluding hydrogens is 737 g/mol. The van der Waals surface area contributed by atoms with Crippen LogP contribution in [0.15, 0.2) is 103 Å². The third kappa shape index (κ3) is 17.7. The van der Waals surface area contributed by atoms with Crippen molar-refractivity contribution in [2.75, 3.05) is 89.8 Å². The second kappa shape index (κ2) is 25.2. The van der Waals surface area contributed by atoms with Gasteiger partial charge in [0.15, 0.2) is 12.4 Å². The molecule has 0 fully saturated rings. The van der Waals surface area contributed by atoms with Crippen molar-refractivity contribution in [3.05, 3.63) is 120 Å². The summed E-state index contributed by atoms with van der Waals surface area (Å²) >= 11 is 0. The van der Waals surface area contributed by atoms with Gasteiger partial charge in [-0.15, -0.1) is 0 Å². The number of nitrogens with two attached hydrogens (primary N) is 2. The van der Waals surface area contributed by atoms with Crippen molar-refractivity contribution < 1.29 is 19.1 Å². The number of aldehydes is 1. The smallest absolute Gasteiger partial charge is 0.240 e. The number of rotatable bonds is 21. The van der Waals surface area contributed by atoms with Gasteiger partial charge in [-0.1, -0.05) is 64.1 Å². The summed E-state index contributed by atoms with van der Waals surface area (Å²) in [5.41, 5.74) is 18.8. The van der Waals surface area contributed by atoms with Crippen LogP contribution in [0.3, 0.4) is 0 Å². The fourth-order valence-electron chi connectivity index (χ4n) is 5.56. The predicted molar refractivity (Wildman–Crippen MR) is 241 cm³/mol. The molecule has 12 heteroatoms. The Morgan fingerprint density at radius 3 is 1.73 bits per heavy atom. The number of nitrogens with zero attached hydrogens (tertiary/aromatic N) is 5. The molecule has 1 amide bonds. The van der Waals surface area contributed by atoms with Crippen LogP contribution in [0.25, 0.3) is 18.2 Å². The molecule has 3 unspecified atom stereocenters. The number of likely N-dealkylation sites (N-methyl/N-ethyl adjacent to an activating group) is 1. The fraction of sp³-hybridized carbons (Fsp3) is 0.386. The van der Waals surface area contributed by atoms with Crippen LogP contribution in [0.5, 0.6) is 0 Å². The minimum absolute atomic E-state index is 0.0680. The zero-order valence-electron chi connectivity index (χ0n) is 34.4. The van der Waals surface area contributed by atoms with Gasteiger partial charge in [-0.05, 0) is 80.5 Å². The lowest BCUT2D eigenvalue weighted by molar-refractivity contribution is -0.763. The number of anilines is 2. The molecule has 4 rings (SSSR count). The highest BCUT2D eigenvalue weighted by Gasteiger charge is 2.18. The molecule has 302 valence electrons. The van der Waals surface area contributed by atoms with Crippen LogP contribution in [0.1, 0.15) is 29.5 Å². The molecule has 2 aromatic carbocycles. The lowest BCUT2D eigenvalue weighted by Crippen LogP contribution is -2.98. The van der Waals surface area contributed by atoms with Gasteiger partial charge in [0.1, 0.15) is 19.5 Å². The molecule has 1 aliphatic heterocycles. The van der Waals surface area contributed by atoms with E-state index in [2.05, 4.69) is 166 Å². The molecule has 0 radical (unpaired) electrons. The lowest BCUT2D eigenvalue weighted by atomic mass is 10.1. The number of carbonyl (C=O) groups excluding carboxylic acids is 2. The number of hydrogen-bond donors (Lipinski definition) is 3. The molecule has 0 spiro atoms. The summed E-state index contributed by atoms with van der Waals surface area (Å²) in [6.45, 7) is 3.68. The first-order valence-corrected chi connectivity index (χ1v) is 21.6. The van der Waals surface area contributed by atoms with Gasteiger partial charge in [-0.3, -0.25) is 9.69 Å². The van der Waals surface area contributed by atoms with Crippen molar-refractivity contribution in [3.63, 3.8) is 0 Å². The first-order chi connectivity index (χ1) is 26.8. The number of quaternary nitrogens is 1. The maximum Gasteiger partial charge on any atom is 0.240 e. The van der Waals surface area contributed by atoms with E-state index in [-0.39, 0.29) is 5.91 Å². The Morgan fingerprint density at radius 1 is 0.732 bits per heavy atom. The molecule has 3 aromatic rings. The van der Waals surface area contributed by atoms with Crippen LogP contribution in [0, 0.1) is 0 Å². The van der Waals surface area contributed by atoms with Crippen molar-refractivity contribution in [3.8, 4) is 0 Å². The maximum absolute atomic E-state index is 12.5. The topological polar surface area (TPSA) is 107 Å². The monoisotopic (exact) mass is 800 g/mol. The van der Waals surface area contributed by atoms with Gasteiger partial charge in [0, 0.05) is 87.4 Å². The zero-order valence-corrected chi connectivity index (χ0v) is 36.0. The Morgan fingerprint density at radius 2 is 1.23 bits per heavy atom. The van der Waals surface area contributed by atoms with Crippen molar-refractivity contribution >= 4 is 63.4 Å². The number of aromatic nitrogens is 1. The van der Waals surface area contributed by atoms with Crippen LogP contribution in [0.4, 0.5) is 11.4 Å². The summed E-state index contributed by atoms with van der Waals surface area (Å²) in [5.74, 6) is 0.940. The van der Waals surface area contributed by atoms with Crippen LogP contribution in [0.2, 0.25) is 0 Å². The molecule has 10 nitrogen and oxygen atoms in total. The molecule has 56 heavy (non-hydrogen) atoms. The van der Waals surface area contributed by atoms with Gasteiger partial charge >= 0.3 is 0 Å². The van der Waals surface area contributed by atoms with Crippen molar-refractivity contribution in [1.29, 1.82) is 0 Å². The van der Waals surface area contributed by atoms with E-state index >= 15 is 0 Å². The average Bonchev–Trinajstić information content (AvgIpc) is 3.62. The summed E-state index contributed by atoms with van der Waals surface area (Å²) in [4.78, 5) is 32.7. The third-order valence-electron chi connectivity index (χ3n) is 9.09. The Labute approximate surface area is 344 Å². The Bertz CT molecular complexity index is 1730. The van der Waals surface area contributed by atoms with E-state index < -0.39 is 12.1 Å². The molecule has 1 aromatic heterocycles. The van der Waals surface area contributed by atoms with Crippen LogP contribution in [-0.4, -0.2) is 114 Å². The molecule has 2 heterocycles. The van der Waals surface area contributed by atoms with Gasteiger partial charge in [-0.2, -0.15) is 0 Å². The molecule has 0 bridgehead atoms. The standard InChI is InChI=1S/C24H35N5O2S2.C20H28N3/c1-27-14-11-20(15-27)6-5-19-7-9-22(10-8-19)28(2)12-4-13-29(3)24(31)23(26)18-33-32-17-21(25)16-30;1-21(2)14-5-15-23(4)20-10-8-18(9-11-20)6-7-19-12-16-22(3)17-13-19/h5-11,14-16,21,23H,4,12-13,17-18,25-26H2,1-3H3;6-13,16-17H,5,14-15H2,1-4H3/q;+1/p+1/b6-5+;. The first-order valence-electron chi connectivity index (χ1n) is 19.1. The van der Waals surface area contributed by atoms with E-state index in [1.54, 1.807) is 11.9 Å². The Hall–Kier alpha value is -4.17. The number of pyridine rings is 1. The van der Waals surface area contributed by atoms with E-state index in [9.17, 15) is 9.59 Å². The molecule has 3 atom stereocenters. The summed E-state index contributed by atoms with van der Waals surface area (Å²) in [6.07, 6.45) is 21.8. The van der Waals surface area contributed by atoms with E-state index in [1.807, 2.05) is 11.6 Å². The molecule has 0 saturated carbocycles. The van der Waals surface area contributed by atoms with E-state index in [0.29, 0.717) is 18.1 Å². The fourth-order valence-corrected chi connectivity index (χ4v) is 7.76. The Balaban J connectivity index is 0.000000320. The molecule has 1 aliphatic rings. The normalized spacial score (nSPS) is 14.8. The highest BCUT2D eigenvalue weighted by Crippen LogP contribution is 2.22. The van der Waals surface area contributed by atoms with E-state index in [4.69, 9.17) is 11.5 Å². The molecular formula is C44H64N8O2S2+2. The highest BCUT2D eigenvalue weighted by atomic mass is 33.1. The van der Waals surface area contributed by atoms with E-state index in [1.165, 1.54) is 55.3 Å². The quantitative estimate of drug-likeness (QED) is 0.0633. The van der Waals surface area contributed by atoms with Crippen molar-refractivity contribution in [1.82, 2.24) is 9.80 Å². The van der Waals surface area contributed by atoms with Crippen molar-refractivity contribution in [2.45, 2.75) is 24.9 Å². The largest absolute Gasteiger partial charge is 0.375 e. The minimum Gasteiger partial charge on any atom is -0.375 e. The predicted octanol–water partition coefficient (Wildman–Crippen LogP) is 4.21. The Kier molecular flexibility index (Phi) is 20.8. The lowest BCUT2D eigenvalue weighted by Gasteiger charge is -2.24. The van der Waals surface area contributed by atoms with Gasteiger partial charge in [-0.25, -0.2) is 4.57 Å². The number of amides is 1. The first kappa shape index (κ1) is 46.2. The van der Waals surface area contributed by atoms with Crippen LogP contribution in [-0.2, 0) is 16.6 Å². The summed E-state index contributed by atoms with van der Waals surface area (Å²) in [7, 11) is 17.3. The highest BCUT2D eigenvalue weighted by molar-refractivity contribution is 8.76. The third-order valence-corrected chi connectivity index (χ3v) is 11.6. The SMILES string of the molecule is CN(C)CCCN(C)c1ccc(/C=C/c2cc[n+](C)cc2)cc1.CN(CCCN(C)c1ccc(/C=C/C2=C[NH+](C)C=C2)cc1)C(=O)C(N)CSSCC(N)C=O. The molecule has 0 saturated heterocycles. The number of allylic oxidation sites excluding steroid dienone is 3. The molecule has 0 aliphatic carbocycles. The van der Waals surface area contributed by atoms with Gasteiger partial charge in [0.05, 0.1) is 25.3 Å². The summed E-state index contributed by atoms with van der Waals surface area (Å²) < 4.78 is 2.04. The van der Waals surface area contributed by atoms with Crippen molar-refractivity contribution in [2.24, 2.45) is 18.5 Å². The van der Waals surface area contributed by atoms with Gasteiger partial charge in [0.25, 0.3) is 0 Å². The minimum atomic E-state index is -0.560. The summed E-state index contributed by atoms with van der Waals surface area (Å²) in [6, 6.07) is 20.4. The average molecular weight is 801 g/mol. The second-order valence-electron chi connectivity index (χ2n) is 14.5. The summed E-state index contributed by atoms with van der Waals surface area (Å²) in [5, 5.41) is 0. The number of aryl methyl sites for hydroxylation is 1. The number of hydrogen-bond acceptors (Lipinski definition) is 9. The number of nitrogens with one attached hydrogen (secondary N) is 1. The van der Waals surface area contributed by atoms with E-state index in [0.717, 1.165) is 43.6 Å². The van der Waals surface area contributed by atoms with Gasteiger partial charge < -0.3 is 35.9 Å². The van der Waals surface area contributed by atoms with Gasteiger partial charge in [0.2, 0.25) is 5.91 Å². The number of benzene rings is 2.